The second-order valence-corrected chi connectivity index (χ2v) is 6.12. The average Bonchev–Trinajstić information content (AvgIpc) is 3.09. The zero-order chi connectivity index (χ0) is 13.5. The first kappa shape index (κ1) is 13.2. The van der Waals surface area contributed by atoms with Crippen molar-refractivity contribution in [2.45, 2.75) is 31.5 Å². The molecule has 1 aliphatic carbocycles. The monoisotopic (exact) mass is 291 g/mol. The van der Waals surface area contributed by atoms with E-state index in [1.807, 2.05) is 4.90 Å². The number of aromatic nitrogens is 1. The van der Waals surface area contributed by atoms with Crippen LogP contribution in [0.2, 0.25) is 0 Å². The number of anilines is 1. The molecule has 1 aromatic rings. The van der Waals surface area contributed by atoms with E-state index in [9.17, 15) is 13.2 Å². The highest BCUT2D eigenvalue weighted by Crippen LogP contribution is 2.36. The van der Waals surface area contributed by atoms with Crippen molar-refractivity contribution in [2.24, 2.45) is 0 Å². The fourth-order valence-electron chi connectivity index (χ4n) is 2.48. The summed E-state index contributed by atoms with van der Waals surface area (Å²) in [6.45, 7) is 3.57. The van der Waals surface area contributed by atoms with Gasteiger partial charge in [-0.2, -0.15) is 13.2 Å². The van der Waals surface area contributed by atoms with Crippen LogP contribution < -0.4 is 4.90 Å². The highest BCUT2D eigenvalue weighted by atomic mass is 32.1. The van der Waals surface area contributed by atoms with Gasteiger partial charge in [0.05, 0.1) is 6.20 Å². The summed E-state index contributed by atoms with van der Waals surface area (Å²) in [7, 11) is 0. The van der Waals surface area contributed by atoms with E-state index in [1.165, 1.54) is 12.8 Å². The molecule has 1 saturated carbocycles. The summed E-state index contributed by atoms with van der Waals surface area (Å²) in [5, 5.41) is 0.505. The molecule has 0 unspecified atom stereocenters. The first-order valence-corrected chi connectivity index (χ1v) is 7.38. The first-order valence-electron chi connectivity index (χ1n) is 6.56. The van der Waals surface area contributed by atoms with Gasteiger partial charge in [0.2, 0.25) is 0 Å². The van der Waals surface area contributed by atoms with Crippen LogP contribution in [0.25, 0.3) is 0 Å². The summed E-state index contributed by atoms with van der Waals surface area (Å²) in [6.07, 6.45) is 0.216. The third kappa shape index (κ3) is 3.02. The van der Waals surface area contributed by atoms with Crippen LogP contribution in [0.1, 0.15) is 24.1 Å². The summed E-state index contributed by atoms with van der Waals surface area (Å²) in [6, 6.07) is 0.724. The molecule has 0 amide bonds. The molecule has 2 aliphatic rings. The molecule has 106 valence electrons. The molecule has 3 rings (SSSR count). The summed E-state index contributed by atoms with van der Waals surface area (Å²) < 4.78 is 37.7. The number of hydrogen-bond acceptors (Lipinski definition) is 4. The van der Waals surface area contributed by atoms with E-state index in [1.54, 1.807) is 0 Å². The Kier molecular flexibility index (Phi) is 3.42. The fraction of sp³-hybridized carbons (Fsp3) is 0.750. The molecule has 1 saturated heterocycles. The molecule has 19 heavy (non-hydrogen) atoms. The number of hydrogen-bond donors (Lipinski definition) is 0. The minimum Gasteiger partial charge on any atom is -0.347 e. The van der Waals surface area contributed by atoms with Crippen molar-refractivity contribution in [3.8, 4) is 0 Å². The third-order valence-electron chi connectivity index (χ3n) is 3.64. The van der Waals surface area contributed by atoms with Crippen molar-refractivity contribution in [2.75, 3.05) is 31.1 Å². The number of nitrogens with zero attached hydrogens (tertiary/aromatic N) is 3. The fourth-order valence-corrected chi connectivity index (χ4v) is 3.31. The van der Waals surface area contributed by atoms with Gasteiger partial charge in [0.25, 0.3) is 0 Å². The molecule has 2 fully saturated rings. The van der Waals surface area contributed by atoms with Crippen LogP contribution in [0.4, 0.5) is 18.3 Å². The number of halogens is 3. The Bertz CT molecular complexity index is 442. The average molecular weight is 291 g/mol. The lowest BCUT2D eigenvalue weighted by molar-refractivity contribution is -0.134. The van der Waals surface area contributed by atoms with E-state index in [0.29, 0.717) is 5.13 Å². The summed E-state index contributed by atoms with van der Waals surface area (Å²) >= 11 is 0.752. The van der Waals surface area contributed by atoms with Crippen molar-refractivity contribution in [3.05, 3.63) is 11.1 Å². The van der Waals surface area contributed by atoms with E-state index in [-0.39, 0.29) is 0 Å². The standard InChI is InChI=1S/C12H16F3N3S/c13-12(14,15)10-8-16-11(19-10)18-5-1-4-17(6-7-18)9-2-3-9/h8-9H,1-7H2. The molecular weight excluding hydrogens is 275 g/mol. The topological polar surface area (TPSA) is 19.4 Å². The van der Waals surface area contributed by atoms with Gasteiger partial charge in [-0.1, -0.05) is 11.3 Å². The van der Waals surface area contributed by atoms with Crippen molar-refractivity contribution < 1.29 is 13.2 Å². The Morgan fingerprint density at radius 1 is 1.16 bits per heavy atom. The van der Waals surface area contributed by atoms with E-state index >= 15 is 0 Å². The number of thiazole rings is 1. The van der Waals surface area contributed by atoms with E-state index in [4.69, 9.17) is 0 Å². The van der Waals surface area contributed by atoms with Crippen molar-refractivity contribution in [3.63, 3.8) is 0 Å². The summed E-state index contributed by atoms with van der Waals surface area (Å²) in [5.41, 5.74) is 0. The summed E-state index contributed by atoms with van der Waals surface area (Å²) in [4.78, 5) is 7.78. The molecule has 1 aromatic heterocycles. The largest absolute Gasteiger partial charge is 0.427 e. The minimum absolute atomic E-state index is 0.505. The first-order chi connectivity index (χ1) is 9.04. The predicted molar refractivity (Wildman–Crippen MR) is 68.5 cm³/mol. The van der Waals surface area contributed by atoms with Gasteiger partial charge >= 0.3 is 6.18 Å². The van der Waals surface area contributed by atoms with Gasteiger partial charge in [-0.25, -0.2) is 4.98 Å². The van der Waals surface area contributed by atoms with Gasteiger partial charge in [-0.15, -0.1) is 0 Å². The molecule has 7 heteroatoms. The Labute approximate surface area is 114 Å². The maximum absolute atomic E-state index is 12.6. The lowest BCUT2D eigenvalue weighted by Gasteiger charge is -2.21. The molecule has 3 nitrogen and oxygen atoms in total. The second-order valence-electron chi connectivity index (χ2n) is 5.11. The van der Waals surface area contributed by atoms with Gasteiger partial charge in [0.1, 0.15) is 4.88 Å². The third-order valence-corrected chi connectivity index (χ3v) is 4.74. The molecule has 0 aromatic carbocycles. The van der Waals surface area contributed by atoms with Crippen molar-refractivity contribution in [1.29, 1.82) is 0 Å². The lowest BCUT2D eigenvalue weighted by Crippen LogP contribution is -2.31. The Morgan fingerprint density at radius 3 is 2.58 bits per heavy atom. The van der Waals surface area contributed by atoms with Crippen LogP contribution in [-0.2, 0) is 6.18 Å². The van der Waals surface area contributed by atoms with Crippen LogP contribution in [0, 0.1) is 0 Å². The van der Waals surface area contributed by atoms with E-state index in [2.05, 4.69) is 9.88 Å². The predicted octanol–water partition coefficient (Wildman–Crippen LogP) is 2.84. The molecule has 0 N–H and O–H groups in total. The van der Waals surface area contributed by atoms with Crippen LogP contribution >= 0.6 is 11.3 Å². The van der Waals surface area contributed by atoms with Gasteiger partial charge in [0, 0.05) is 32.2 Å². The Morgan fingerprint density at radius 2 is 1.95 bits per heavy atom. The lowest BCUT2D eigenvalue weighted by atomic mass is 10.4. The van der Waals surface area contributed by atoms with Crippen molar-refractivity contribution >= 4 is 16.5 Å². The normalized spacial score (nSPS) is 22.6. The van der Waals surface area contributed by atoms with Crippen LogP contribution in [0.5, 0.6) is 0 Å². The Balaban J connectivity index is 1.66. The van der Waals surface area contributed by atoms with Gasteiger partial charge in [-0.3, -0.25) is 4.90 Å². The zero-order valence-electron chi connectivity index (χ0n) is 10.5. The maximum atomic E-state index is 12.6. The minimum atomic E-state index is -4.28. The molecule has 1 aliphatic heterocycles. The molecule has 2 heterocycles. The highest BCUT2D eigenvalue weighted by Gasteiger charge is 2.34. The van der Waals surface area contributed by atoms with Gasteiger partial charge < -0.3 is 4.90 Å². The maximum Gasteiger partial charge on any atom is 0.427 e. The number of alkyl halides is 3. The smallest absolute Gasteiger partial charge is 0.347 e. The molecule has 0 atom stereocenters. The molecule has 0 bridgehead atoms. The molecular formula is C12H16F3N3S. The van der Waals surface area contributed by atoms with Crippen LogP contribution in [0.3, 0.4) is 0 Å². The van der Waals surface area contributed by atoms with Crippen molar-refractivity contribution in [1.82, 2.24) is 9.88 Å². The highest BCUT2D eigenvalue weighted by molar-refractivity contribution is 7.15. The number of rotatable bonds is 2. The van der Waals surface area contributed by atoms with Crippen LogP contribution in [0.15, 0.2) is 6.20 Å². The summed E-state index contributed by atoms with van der Waals surface area (Å²) in [5.74, 6) is 0. The molecule has 0 spiro atoms. The van der Waals surface area contributed by atoms with Crippen LogP contribution in [-0.4, -0.2) is 42.1 Å². The molecule has 0 radical (unpaired) electrons. The van der Waals surface area contributed by atoms with E-state index in [0.717, 1.165) is 56.2 Å². The quantitative estimate of drug-likeness (QED) is 0.835. The second kappa shape index (κ2) is 4.94. The zero-order valence-corrected chi connectivity index (χ0v) is 11.3. The Hall–Kier alpha value is -0.820. The SMILES string of the molecule is FC(F)(F)c1cnc(N2CCCN(C3CC3)CC2)s1. The van der Waals surface area contributed by atoms with Gasteiger partial charge in [0.15, 0.2) is 5.13 Å². The van der Waals surface area contributed by atoms with E-state index < -0.39 is 11.1 Å². The van der Waals surface area contributed by atoms with Gasteiger partial charge in [-0.05, 0) is 19.3 Å².